The first-order chi connectivity index (χ1) is 16.8. The summed E-state index contributed by atoms with van der Waals surface area (Å²) < 4.78 is 10.9. The van der Waals surface area contributed by atoms with Crippen LogP contribution in [0.3, 0.4) is 0 Å². The molecule has 1 N–H and O–H groups in total. The molecule has 6 nitrogen and oxygen atoms in total. The van der Waals surface area contributed by atoms with Gasteiger partial charge >= 0.3 is 0 Å². The molecule has 1 unspecified atom stereocenters. The van der Waals surface area contributed by atoms with Gasteiger partial charge in [0.1, 0.15) is 5.76 Å². The second-order valence-corrected chi connectivity index (χ2v) is 9.33. The van der Waals surface area contributed by atoms with E-state index < -0.39 is 17.7 Å². The van der Waals surface area contributed by atoms with Crippen molar-refractivity contribution in [1.82, 2.24) is 0 Å². The molecule has 0 radical (unpaired) electrons. The SMILES string of the molecule is Cc1ccc(/C(O)=C2\C(=O)C(=O)N(c3ccc4c(c3)OCO4)C2c2ccc(C(C)C)cc2)cc1C. The molecule has 178 valence electrons. The molecule has 1 amide bonds. The van der Waals surface area contributed by atoms with Gasteiger partial charge in [-0.1, -0.05) is 50.2 Å². The molecular formula is C29H27NO5. The van der Waals surface area contributed by atoms with Crippen LogP contribution in [0.4, 0.5) is 5.69 Å². The summed E-state index contributed by atoms with van der Waals surface area (Å²) in [6.07, 6.45) is 0. The number of aryl methyl sites for hydroxylation is 2. The molecule has 0 saturated carbocycles. The monoisotopic (exact) mass is 469 g/mol. The van der Waals surface area contributed by atoms with Crippen LogP contribution in [0.25, 0.3) is 5.76 Å². The molecule has 1 atom stereocenters. The zero-order valence-corrected chi connectivity index (χ0v) is 20.2. The number of hydrogen-bond acceptors (Lipinski definition) is 5. The molecule has 35 heavy (non-hydrogen) atoms. The first-order valence-electron chi connectivity index (χ1n) is 11.6. The normalized spacial score (nSPS) is 18.5. The van der Waals surface area contributed by atoms with Gasteiger partial charge in [-0.2, -0.15) is 0 Å². The van der Waals surface area contributed by atoms with Crippen molar-refractivity contribution in [2.24, 2.45) is 0 Å². The molecule has 2 heterocycles. The Bertz CT molecular complexity index is 1370. The van der Waals surface area contributed by atoms with Crippen LogP contribution in [0, 0.1) is 13.8 Å². The zero-order valence-electron chi connectivity index (χ0n) is 20.2. The Labute approximate surface area is 204 Å². The third-order valence-corrected chi connectivity index (χ3v) is 6.78. The van der Waals surface area contributed by atoms with Crippen LogP contribution in [-0.4, -0.2) is 23.6 Å². The van der Waals surface area contributed by atoms with Gasteiger partial charge in [0.2, 0.25) is 6.79 Å². The molecule has 3 aromatic rings. The molecular weight excluding hydrogens is 442 g/mol. The molecule has 5 rings (SSSR count). The minimum atomic E-state index is -0.793. The lowest BCUT2D eigenvalue weighted by Crippen LogP contribution is -2.29. The fraction of sp³-hybridized carbons (Fsp3) is 0.241. The lowest BCUT2D eigenvalue weighted by atomic mass is 9.92. The largest absolute Gasteiger partial charge is 0.507 e. The van der Waals surface area contributed by atoms with Gasteiger partial charge < -0.3 is 14.6 Å². The Morgan fingerprint density at radius 3 is 2.31 bits per heavy atom. The Balaban J connectivity index is 1.70. The van der Waals surface area contributed by atoms with Crippen LogP contribution in [0.5, 0.6) is 11.5 Å². The summed E-state index contributed by atoms with van der Waals surface area (Å²) in [6, 6.07) is 17.7. The lowest BCUT2D eigenvalue weighted by Gasteiger charge is -2.26. The van der Waals surface area contributed by atoms with Crippen molar-refractivity contribution in [3.05, 3.63) is 94.1 Å². The Morgan fingerprint density at radius 1 is 0.914 bits per heavy atom. The number of benzene rings is 3. The molecule has 0 bridgehead atoms. The van der Waals surface area contributed by atoms with Gasteiger partial charge in [-0.3, -0.25) is 14.5 Å². The van der Waals surface area contributed by atoms with Crippen LogP contribution in [0.2, 0.25) is 0 Å². The highest BCUT2D eigenvalue weighted by atomic mass is 16.7. The number of aliphatic hydroxyl groups is 1. The molecule has 0 aliphatic carbocycles. The van der Waals surface area contributed by atoms with E-state index in [0.717, 1.165) is 22.3 Å². The maximum absolute atomic E-state index is 13.4. The maximum Gasteiger partial charge on any atom is 0.300 e. The molecule has 0 spiro atoms. The number of hydrogen-bond donors (Lipinski definition) is 1. The number of ketones is 1. The van der Waals surface area contributed by atoms with Crippen molar-refractivity contribution >= 4 is 23.1 Å². The minimum Gasteiger partial charge on any atom is -0.507 e. The van der Waals surface area contributed by atoms with E-state index >= 15 is 0 Å². The molecule has 1 fully saturated rings. The van der Waals surface area contributed by atoms with Crippen molar-refractivity contribution in [3.63, 3.8) is 0 Å². The van der Waals surface area contributed by atoms with E-state index in [1.165, 1.54) is 4.90 Å². The van der Waals surface area contributed by atoms with Crippen LogP contribution >= 0.6 is 0 Å². The molecule has 0 aromatic heterocycles. The first-order valence-corrected chi connectivity index (χ1v) is 11.6. The number of fused-ring (bicyclic) bond motifs is 1. The standard InChI is InChI=1S/C29H27NO5/c1-16(2)19-7-9-20(10-8-19)26-25(27(31)21-6-5-17(3)18(4)13-21)28(32)29(33)30(26)22-11-12-23-24(14-22)35-15-34-23/h5-14,16,26,31H,15H2,1-4H3/b27-25+. The highest BCUT2D eigenvalue weighted by Crippen LogP contribution is 2.45. The highest BCUT2D eigenvalue weighted by molar-refractivity contribution is 6.51. The van der Waals surface area contributed by atoms with Crippen molar-refractivity contribution in [1.29, 1.82) is 0 Å². The van der Waals surface area contributed by atoms with E-state index in [4.69, 9.17) is 9.47 Å². The third-order valence-electron chi connectivity index (χ3n) is 6.78. The number of carbonyl (C=O) groups excluding carboxylic acids is 2. The molecule has 6 heteroatoms. The van der Waals surface area contributed by atoms with Gasteiger partial charge in [0, 0.05) is 17.3 Å². The van der Waals surface area contributed by atoms with Gasteiger partial charge in [-0.05, 0) is 60.2 Å². The first kappa shape index (κ1) is 22.7. The van der Waals surface area contributed by atoms with Gasteiger partial charge in [0.05, 0.1) is 11.6 Å². The van der Waals surface area contributed by atoms with Crippen LogP contribution in [-0.2, 0) is 9.59 Å². The van der Waals surface area contributed by atoms with E-state index in [1.807, 2.05) is 50.2 Å². The maximum atomic E-state index is 13.4. The number of anilines is 1. The minimum absolute atomic E-state index is 0.0632. The van der Waals surface area contributed by atoms with Gasteiger partial charge in [0.25, 0.3) is 11.7 Å². The number of ether oxygens (including phenoxy) is 2. The van der Waals surface area contributed by atoms with Gasteiger partial charge in [-0.15, -0.1) is 0 Å². The summed E-state index contributed by atoms with van der Waals surface area (Å²) in [5.41, 5.74) is 4.99. The van der Waals surface area contributed by atoms with E-state index in [-0.39, 0.29) is 18.1 Å². The fourth-order valence-electron chi connectivity index (χ4n) is 4.56. The third kappa shape index (κ3) is 3.85. The van der Waals surface area contributed by atoms with E-state index in [0.29, 0.717) is 28.7 Å². The predicted molar refractivity (Wildman–Crippen MR) is 134 cm³/mol. The smallest absolute Gasteiger partial charge is 0.300 e. The Kier molecular flexibility index (Phi) is 5.59. The van der Waals surface area contributed by atoms with Crippen LogP contribution < -0.4 is 14.4 Å². The quantitative estimate of drug-likeness (QED) is 0.298. The van der Waals surface area contributed by atoms with Gasteiger partial charge in [-0.25, -0.2) is 0 Å². The Hall–Kier alpha value is -4.06. The van der Waals surface area contributed by atoms with Crippen LogP contribution in [0.1, 0.15) is 53.6 Å². The lowest BCUT2D eigenvalue weighted by molar-refractivity contribution is -0.132. The zero-order chi connectivity index (χ0) is 24.9. The summed E-state index contributed by atoms with van der Waals surface area (Å²) in [7, 11) is 0. The van der Waals surface area contributed by atoms with Crippen molar-refractivity contribution < 1.29 is 24.2 Å². The molecule has 2 aliphatic heterocycles. The summed E-state index contributed by atoms with van der Waals surface area (Å²) in [4.78, 5) is 28.2. The second-order valence-electron chi connectivity index (χ2n) is 9.33. The molecule has 3 aromatic carbocycles. The Morgan fingerprint density at radius 2 is 1.63 bits per heavy atom. The number of Topliss-reactive ketones (excluding diaryl/α,β-unsaturated/α-hetero) is 1. The average Bonchev–Trinajstić information content (AvgIpc) is 3.42. The number of nitrogens with zero attached hydrogens (tertiary/aromatic N) is 1. The summed E-state index contributed by atoms with van der Waals surface area (Å²) >= 11 is 0. The summed E-state index contributed by atoms with van der Waals surface area (Å²) in [5, 5.41) is 11.4. The predicted octanol–water partition coefficient (Wildman–Crippen LogP) is 5.78. The van der Waals surface area contributed by atoms with E-state index in [1.54, 1.807) is 24.3 Å². The van der Waals surface area contributed by atoms with Crippen molar-refractivity contribution in [2.45, 2.75) is 39.7 Å². The summed E-state index contributed by atoms with van der Waals surface area (Å²) in [6.45, 7) is 8.23. The number of amides is 1. The van der Waals surface area contributed by atoms with E-state index in [9.17, 15) is 14.7 Å². The highest BCUT2D eigenvalue weighted by Gasteiger charge is 2.47. The second kappa shape index (κ2) is 8.62. The van der Waals surface area contributed by atoms with E-state index in [2.05, 4.69) is 13.8 Å². The number of rotatable bonds is 4. The fourth-order valence-corrected chi connectivity index (χ4v) is 4.56. The number of carbonyl (C=O) groups is 2. The van der Waals surface area contributed by atoms with Gasteiger partial charge in [0.15, 0.2) is 11.5 Å². The number of aliphatic hydroxyl groups excluding tert-OH is 1. The summed E-state index contributed by atoms with van der Waals surface area (Å²) in [5.74, 6) is -0.193. The van der Waals surface area contributed by atoms with Crippen molar-refractivity contribution in [2.75, 3.05) is 11.7 Å². The van der Waals surface area contributed by atoms with Crippen molar-refractivity contribution in [3.8, 4) is 11.5 Å². The van der Waals surface area contributed by atoms with Crippen LogP contribution in [0.15, 0.2) is 66.2 Å². The molecule has 2 aliphatic rings. The topological polar surface area (TPSA) is 76.1 Å². The average molecular weight is 470 g/mol. The molecule has 1 saturated heterocycles.